The Morgan fingerprint density at radius 3 is 1.81 bits per heavy atom. The molecule has 0 spiro atoms. The predicted molar refractivity (Wildman–Crippen MR) is 175 cm³/mol. The first kappa shape index (κ1) is 37.9. The van der Waals surface area contributed by atoms with Crippen molar-refractivity contribution in [3.05, 3.63) is 11.6 Å². The van der Waals surface area contributed by atoms with Crippen LogP contribution < -0.4 is 0 Å². The van der Waals surface area contributed by atoms with Crippen LogP contribution >= 0.6 is 0 Å². The molecule has 0 rings (SSSR count). The molecule has 0 aliphatic rings. The molecule has 0 radical (unpaired) electrons. The van der Waals surface area contributed by atoms with Gasteiger partial charge < -0.3 is 0 Å². The van der Waals surface area contributed by atoms with E-state index in [-0.39, 0.29) is 11.1 Å². The molecule has 0 N–H and O–H groups in total. The molecule has 0 aliphatic heterocycles. The second-order valence-corrected chi connectivity index (χ2v) is 38.8. The SMILES string of the molecule is CCC[CH2][Sn]([CH2]CCC)([CH2]CCC)[CH2]/C(C)=C/C[C@@H](CO[Si](C)(C)C(C)(C)C)OCOCC[Si](C)(C)C. The van der Waals surface area contributed by atoms with Crippen LogP contribution in [0, 0.1) is 0 Å². The first-order chi connectivity index (χ1) is 17.1. The quantitative estimate of drug-likeness (QED) is 0.0499. The van der Waals surface area contributed by atoms with Gasteiger partial charge in [0.2, 0.25) is 0 Å². The van der Waals surface area contributed by atoms with Gasteiger partial charge in [0.1, 0.15) is 0 Å². The Labute approximate surface area is 240 Å². The second kappa shape index (κ2) is 19.1. The topological polar surface area (TPSA) is 27.7 Å². The Morgan fingerprint density at radius 2 is 1.38 bits per heavy atom. The van der Waals surface area contributed by atoms with Crippen LogP contribution in [0.1, 0.15) is 93.4 Å². The van der Waals surface area contributed by atoms with E-state index in [0.29, 0.717) is 13.4 Å². The van der Waals surface area contributed by atoms with Crippen LogP contribution in [0.4, 0.5) is 0 Å². The molecule has 0 aliphatic carbocycles. The van der Waals surface area contributed by atoms with Crippen LogP contribution in [-0.2, 0) is 13.9 Å². The molecule has 222 valence electrons. The predicted octanol–water partition coefficient (Wildman–Crippen LogP) is 10.9. The van der Waals surface area contributed by atoms with Gasteiger partial charge in [-0.3, -0.25) is 0 Å². The van der Waals surface area contributed by atoms with Crippen LogP contribution in [0.3, 0.4) is 0 Å². The molecule has 0 aromatic heterocycles. The van der Waals surface area contributed by atoms with Crippen molar-refractivity contribution in [3.8, 4) is 0 Å². The van der Waals surface area contributed by atoms with E-state index in [9.17, 15) is 0 Å². The van der Waals surface area contributed by atoms with Gasteiger partial charge in [0.15, 0.2) is 0 Å². The van der Waals surface area contributed by atoms with Gasteiger partial charge in [0.25, 0.3) is 0 Å². The number of allylic oxidation sites excluding steroid dienone is 1. The third kappa shape index (κ3) is 18.0. The number of hydrogen-bond acceptors (Lipinski definition) is 3. The summed E-state index contributed by atoms with van der Waals surface area (Å²) in [7, 11) is -2.89. The van der Waals surface area contributed by atoms with Crippen molar-refractivity contribution >= 4 is 34.8 Å². The van der Waals surface area contributed by atoms with E-state index in [1.54, 1.807) is 18.9 Å². The number of unbranched alkanes of at least 4 members (excludes halogenated alkanes) is 3. The van der Waals surface area contributed by atoms with Crippen LogP contribution in [-0.4, -0.2) is 60.9 Å². The summed E-state index contributed by atoms with van der Waals surface area (Å²) in [5.41, 5.74) is 1.62. The van der Waals surface area contributed by atoms with Crippen LogP contribution in [0.2, 0.25) is 61.6 Å². The van der Waals surface area contributed by atoms with E-state index < -0.39 is 34.8 Å². The Hall–Kier alpha value is 0.852. The van der Waals surface area contributed by atoms with E-state index >= 15 is 0 Å². The van der Waals surface area contributed by atoms with E-state index in [2.05, 4.69) is 87.3 Å². The molecule has 3 nitrogen and oxygen atoms in total. The van der Waals surface area contributed by atoms with Gasteiger partial charge in [0.05, 0.1) is 0 Å². The number of ether oxygens (including phenoxy) is 2. The van der Waals surface area contributed by atoms with Crippen LogP contribution in [0.25, 0.3) is 0 Å². The minimum atomic E-state index is -2.17. The van der Waals surface area contributed by atoms with Gasteiger partial charge in [-0.1, -0.05) is 0 Å². The average Bonchev–Trinajstić information content (AvgIpc) is 2.79. The third-order valence-corrected chi connectivity index (χ3v) is 30.4. The molecule has 0 aromatic carbocycles. The molecule has 0 heterocycles. The Morgan fingerprint density at radius 1 is 0.865 bits per heavy atom. The van der Waals surface area contributed by atoms with Crippen LogP contribution in [0.15, 0.2) is 11.6 Å². The Bertz CT molecular complexity index is 587. The third-order valence-electron chi connectivity index (χ3n) is 8.38. The standard InChI is InChI=1S/C19H41O3Si2.3C4H9.Sn/c1-17(2)11-12-18(15-22-24(9,10)19(3,4)5)21-16-20-13-14-23(6,7)8;3*1-3-4-2;/h11,18H,1,12-16H2,2-10H3;3*1,3-4H2,2H3;/b17-11-;;;;/t18-;;;;/m0..../s1. The van der Waals surface area contributed by atoms with E-state index in [1.807, 2.05) is 0 Å². The maximum absolute atomic E-state index is 6.61. The molecule has 0 bridgehead atoms. The zero-order valence-corrected chi connectivity index (χ0v) is 32.3. The molecule has 0 amide bonds. The molecule has 0 unspecified atom stereocenters. The van der Waals surface area contributed by atoms with Gasteiger partial charge in [-0.25, -0.2) is 0 Å². The Balaban J connectivity index is 5.40. The molecule has 37 heavy (non-hydrogen) atoms. The normalized spacial score (nSPS) is 14.9. The molecule has 0 fully saturated rings. The van der Waals surface area contributed by atoms with E-state index in [1.165, 1.54) is 49.0 Å². The first-order valence-corrected chi connectivity index (χ1v) is 30.3. The fraction of sp³-hybridized carbons (Fsp3) is 0.935. The molecule has 0 saturated carbocycles. The summed E-state index contributed by atoms with van der Waals surface area (Å²) in [4.78, 5) is 0. The van der Waals surface area contributed by atoms with Crippen molar-refractivity contribution < 1.29 is 13.9 Å². The van der Waals surface area contributed by atoms with Gasteiger partial charge >= 0.3 is 241 Å². The zero-order chi connectivity index (χ0) is 28.6. The summed E-state index contributed by atoms with van der Waals surface area (Å²) in [6.07, 6.45) is 11.9. The maximum atomic E-state index is 6.61. The van der Waals surface area contributed by atoms with E-state index in [4.69, 9.17) is 13.9 Å². The van der Waals surface area contributed by atoms with Crippen molar-refractivity contribution in [2.75, 3.05) is 20.0 Å². The fourth-order valence-electron chi connectivity index (χ4n) is 4.58. The summed E-state index contributed by atoms with van der Waals surface area (Å²) in [6.45, 7) is 30.2. The zero-order valence-electron chi connectivity index (χ0n) is 27.5. The minimum absolute atomic E-state index is 0.0717. The summed E-state index contributed by atoms with van der Waals surface area (Å²) in [5.74, 6) is 0. The Kier molecular flexibility index (Phi) is 19.5. The molecule has 0 saturated heterocycles. The van der Waals surface area contributed by atoms with E-state index in [0.717, 1.165) is 13.0 Å². The van der Waals surface area contributed by atoms with Crippen molar-refractivity contribution in [1.82, 2.24) is 0 Å². The van der Waals surface area contributed by atoms with Crippen molar-refractivity contribution in [3.63, 3.8) is 0 Å². The first-order valence-electron chi connectivity index (χ1n) is 15.6. The average molecular weight is 664 g/mol. The number of rotatable bonds is 22. The monoisotopic (exact) mass is 664 g/mol. The van der Waals surface area contributed by atoms with Crippen molar-refractivity contribution in [2.45, 2.75) is 161 Å². The van der Waals surface area contributed by atoms with Gasteiger partial charge in [-0.05, 0) is 0 Å². The van der Waals surface area contributed by atoms with Crippen molar-refractivity contribution in [2.24, 2.45) is 0 Å². The summed E-state index contributed by atoms with van der Waals surface area (Å²) in [5, 5.41) is 0.211. The molecule has 0 aromatic rings. The van der Waals surface area contributed by atoms with Gasteiger partial charge in [-0.15, -0.1) is 0 Å². The van der Waals surface area contributed by atoms with Gasteiger partial charge in [0, 0.05) is 0 Å². The summed E-state index contributed by atoms with van der Waals surface area (Å²) >= 11 is -2.17. The molecule has 1 atom stereocenters. The summed E-state index contributed by atoms with van der Waals surface area (Å²) < 4.78 is 25.0. The van der Waals surface area contributed by atoms with Crippen molar-refractivity contribution in [1.29, 1.82) is 0 Å². The fourth-order valence-corrected chi connectivity index (χ4v) is 23.3. The van der Waals surface area contributed by atoms with Crippen LogP contribution in [0.5, 0.6) is 0 Å². The molecular formula is C31H68O3Si2Sn. The summed E-state index contributed by atoms with van der Waals surface area (Å²) in [6, 6.07) is 1.18. The number of hydrogen-bond donors (Lipinski definition) is 0. The molecular weight excluding hydrogens is 595 g/mol. The van der Waals surface area contributed by atoms with Gasteiger partial charge in [-0.2, -0.15) is 0 Å². The second-order valence-electron chi connectivity index (χ2n) is 14.5. The molecule has 6 heteroatoms.